The number of nitrogens with one attached hydrogen (secondary N) is 2. The Morgan fingerprint density at radius 2 is 1.59 bits per heavy atom. The van der Waals surface area contributed by atoms with E-state index in [1.54, 1.807) is 0 Å². The standard InChI is InChI=1S/C24H20BrN3O/c1-17-12-13-22(21(25)14-17)27-16-20(15-26)24(29)28-23(18-8-4-2-5-9-18)19-10-6-3-7-11-19/h2-14,16,23,27H,1H3,(H,28,29)/b20-16-. The molecular formula is C24H20BrN3O. The Morgan fingerprint density at radius 1 is 1.00 bits per heavy atom. The maximum atomic E-state index is 12.8. The molecule has 0 bridgehead atoms. The Labute approximate surface area is 179 Å². The minimum Gasteiger partial charge on any atom is -0.359 e. The van der Waals surface area contributed by atoms with E-state index in [1.807, 2.05) is 91.9 Å². The number of rotatable bonds is 6. The molecule has 0 radical (unpaired) electrons. The third kappa shape index (κ3) is 5.34. The second-order valence-corrected chi connectivity index (χ2v) is 7.38. The summed E-state index contributed by atoms with van der Waals surface area (Å²) in [5.74, 6) is -0.444. The van der Waals surface area contributed by atoms with Crippen LogP contribution in [-0.4, -0.2) is 5.91 Å². The van der Waals surface area contributed by atoms with Gasteiger partial charge in [0.1, 0.15) is 11.6 Å². The van der Waals surface area contributed by atoms with E-state index in [0.29, 0.717) is 0 Å². The molecule has 2 N–H and O–H groups in total. The highest BCUT2D eigenvalue weighted by molar-refractivity contribution is 9.10. The molecule has 0 heterocycles. The van der Waals surface area contributed by atoms with Crippen LogP contribution in [0, 0.1) is 18.3 Å². The lowest BCUT2D eigenvalue weighted by molar-refractivity contribution is -0.117. The number of amides is 1. The molecule has 144 valence electrons. The highest BCUT2D eigenvalue weighted by Gasteiger charge is 2.19. The first-order valence-electron chi connectivity index (χ1n) is 9.12. The van der Waals surface area contributed by atoms with E-state index in [1.165, 1.54) is 6.20 Å². The summed E-state index contributed by atoms with van der Waals surface area (Å²) < 4.78 is 0.859. The molecule has 3 rings (SSSR count). The second-order valence-electron chi connectivity index (χ2n) is 6.53. The number of nitriles is 1. The van der Waals surface area contributed by atoms with Crippen molar-refractivity contribution >= 4 is 27.5 Å². The van der Waals surface area contributed by atoms with Crippen LogP contribution < -0.4 is 10.6 Å². The number of aryl methyl sites for hydroxylation is 1. The molecule has 3 aromatic rings. The number of benzene rings is 3. The first-order chi connectivity index (χ1) is 14.1. The SMILES string of the molecule is Cc1ccc(N/C=C(/C#N)C(=O)NC(c2ccccc2)c2ccccc2)c(Br)c1. The largest absolute Gasteiger partial charge is 0.359 e. The third-order valence-electron chi connectivity index (χ3n) is 4.40. The van der Waals surface area contributed by atoms with Crippen molar-refractivity contribution in [2.45, 2.75) is 13.0 Å². The molecule has 5 heteroatoms. The molecule has 0 aromatic heterocycles. The minimum absolute atomic E-state index is 0.00524. The van der Waals surface area contributed by atoms with E-state index < -0.39 is 5.91 Å². The highest BCUT2D eigenvalue weighted by Crippen LogP contribution is 2.24. The smallest absolute Gasteiger partial charge is 0.264 e. The average molecular weight is 446 g/mol. The van der Waals surface area contributed by atoms with Crippen LogP contribution in [0.25, 0.3) is 0 Å². The van der Waals surface area contributed by atoms with Gasteiger partial charge in [0.15, 0.2) is 0 Å². The molecule has 0 aliphatic carbocycles. The molecule has 0 fully saturated rings. The molecule has 3 aromatic carbocycles. The van der Waals surface area contributed by atoms with Gasteiger partial charge in [0, 0.05) is 10.7 Å². The molecule has 0 unspecified atom stereocenters. The minimum atomic E-state index is -0.444. The first kappa shape index (κ1) is 20.4. The van der Waals surface area contributed by atoms with Crippen LogP contribution in [0.5, 0.6) is 0 Å². The van der Waals surface area contributed by atoms with Crippen LogP contribution in [-0.2, 0) is 4.79 Å². The fourth-order valence-corrected chi connectivity index (χ4v) is 3.50. The number of carbonyl (C=O) groups is 1. The van der Waals surface area contributed by atoms with Crippen molar-refractivity contribution in [3.05, 3.63) is 112 Å². The number of carbonyl (C=O) groups excluding carboxylic acids is 1. The Hall–Kier alpha value is -3.36. The van der Waals surface area contributed by atoms with E-state index in [2.05, 4.69) is 26.6 Å². The zero-order valence-electron chi connectivity index (χ0n) is 15.9. The van der Waals surface area contributed by atoms with Gasteiger partial charge in [-0.05, 0) is 51.7 Å². The van der Waals surface area contributed by atoms with Gasteiger partial charge in [-0.25, -0.2) is 0 Å². The van der Waals surface area contributed by atoms with Crippen LogP contribution >= 0.6 is 15.9 Å². The van der Waals surface area contributed by atoms with Gasteiger partial charge < -0.3 is 10.6 Å². The maximum absolute atomic E-state index is 12.8. The summed E-state index contributed by atoms with van der Waals surface area (Å²) in [7, 11) is 0. The average Bonchev–Trinajstić information content (AvgIpc) is 2.75. The zero-order valence-corrected chi connectivity index (χ0v) is 17.5. The fourth-order valence-electron chi connectivity index (χ4n) is 2.89. The topological polar surface area (TPSA) is 64.9 Å². The van der Waals surface area contributed by atoms with Crippen LogP contribution in [0.2, 0.25) is 0 Å². The number of hydrogen-bond acceptors (Lipinski definition) is 3. The molecule has 0 aliphatic heterocycles. The van der Waals surface area contributed by atoms with Gasteiger partial charge >= 0.3 is 0 Å². The molecule has 1 amide bonds. The van der Waals surface area contributed by atoms with Gasteiger partial charge in [0.25, 0.3) is 5.91 Å². The van der Waals surface area contributed by atoms with Gasteiger partial charge in [-0.3, -0.25) is 4.79 Å². The normalized spacial score (nSPS) is 11.0. The molecular weight excluding hydrogens is 426 g/mol. The summed E-state index contributed by atoms with van der Waals surface area (Å²) in [5.41, 5.74) is 3.77. The number of nitrogens with zero attached hydrogens (tertiary/aromatic N) is 1. The van der Waals surface area contributed by atoms with Crippen LogP contribution in [0.15, 0.2) is 95.1 Å². The maximum Gasteiger partial charge on any atom is 0.264 e. The molecule has 0 aliphatic rings. The summed E-state index contributed by atoms with van der Waals surface area (Å²) in [6.45, 7) is 1.99. The Kier molecular flexibility index (Phi) is 6.83. The van der Waals surface area contributed by atoms with Crippen molar-refractivity contribution in [3.8, 4) is 6.07 Å². The zero-order chi connectivity index (χ0) is 20.6. The number of anilines is 1. The van der Waals surface area contributed by atoms with E-state index in [9.17, 15) is 10.1 Å². The second kappa shape index (κ2) is 9.72. The lowest BCUT2D eigenvalue weighted by atomic mass is 9.98. The summed E-state index contributed by atoms with van der Waals surface area (Å²) in [5, 5.41) is 15.5. The Morgan fingerprint density at radius 3 is 2.10 bits per heavy atom. The van der Waals surface area contributed by atoms with Crippen molar-refractivity contribution in [2.24, 2.45) is 0 Å². The number of halogens is 1. The summed E-state index contributed by atoms with van der Waals surface area (Å²) in [6.07, 6.45) is 1.43. The monoisotopic (exact) mass is 445 g/mol. The Bertz CT molecular complexity index is 1020. The van der Waals surface area contributed by atoms with E-state index in [4.69, 9.17) is 0 Å². The predicted octanol–water partition coefficient (Wildman–Crippen LogP) is 5.48. The van der Waals surface area contributed by atoms with Crippen molar-refractivity contribution in [1.82, 2.24) is 5.32 Å². The highest BCUT2D eigenvalue weighted by atomic mass is 79.9. The molecule has 0 saturated heterocycles. The van der Waals surface area contributed by atoms with E-state index in [-0.39, 0.29) is 11.6 Å². The number of hydrogen-bond donors (Lipinski definition) is 2. The van der Waals surface area contributed by atoms with Gasteiger partial charge in [0.2, 0.25) is 0 Å². The third-order valence-corrected chi connectivity index (χ3v) is 5.06. The predicted molar refractivity (Wildman–Crippen MR) is 119 cm³/mol. The van der Waals surface area contributed by atoms with Crippen molar-refractivity contribution in [1.29, 1.82) is 5.26 Å². The lowest BCUT2D eigenvalue weighted by Crippen LogP contribution is -2.30. The summed E-state index contributed by atoms with van der Waals surface area (Å²) in [6, 6.07) is 26.8. The molecule has 4 nitrogen and oxygen atoms in total. The van der Waals surface area contributed by atoms with Crippen LogP contribution in [0.1, 0.15) is 22.7 Å². The quantitative estimate of drug-likeness (QED) is 0.389. The lowest BCUT2D eigenvalue weighted by Gasteiger charge is -2.19. The van der Waals surface area contributed by atoms with Crippen LogP contribution in [0.3, 0.4) is 0 Å². The van der Waals surface area contributed by atoms with Gasteiger partial charge in [-0.15, -0.1) is 0 Å². The molecule has 0 spiro atoms. The van der Waals surface area contributed by atoms with E-state index in [0.717, 1.165) is 26.9 Å². The van der Waals surface area contributed by atoms with Crippen molar-refractivity contribution in [3.63, 3.8) is 0 Å². The summed E-state index contributed by atoms with van der Waals surface area (Å²) in [4.78, 5) is 12.8. The van der Waals surface area contributed by atoms with Crippen molar-refractivity contribution in [2.75, 3.05) is 5.32 Å². The van der Waals surface area contributed by atoms with Crippen molar-refractivity contribution < 1.29 is 4.79 Å². The van der Waals surface area contributed by atoms with Crippen LogP contribution in [0.4, 0.5) is 5.69 Å². The van der Waals surface area contributed by atoms with E-state index >= 15 is 0 Å². The first-order valence-corrected chi connectivity index (χ1v) is 9.91. The van der Waals surface area contributed by atoms with Gasteiger partial charge in [0.05, 0.1) is 11.7 Å². The van der Waals surface area contributed by atoms with Gasteiger partial charge in [-0.2, -0.15) is 5.26 Å². The Balaban J connectivity index is 1.83. The molecule has 0 saturated carbocycles. The summed E-state index contributed by atoms with van der Waals surface area (Å²) >= 11 is 3.48. The van der Waals surface area contributed by atoms with Gasteiger partial charge in [-0.1, -0.05) is 66.7 Å². The molecule has 29 heavy (non-hydrogen) atoms. The fraction of sp³-hybridized carbons (Fsp3) is 0.0833. The molecule has 0 atom stereocenters.